The summed E-state index contributed by atoms with van der Waals surface area (Å²) >= 11 is 1.38. The predicted molar refractivity (Wildman–Crippen MR) is 37.9 cm³/mol. The van der Waals surface area contributed by atoms with Crippen molar-refractivity contribution >= 4 is 20.9 Å². The van der Waals surface area contributed by atoms with E-state index in [1.54, 1.807) is 0 Å². The van der Waals surface area contributed by atoms with Gasteiger partial charge in [-0.05, 0) is 5.56 Å². The summed E-state index contributed by atoms with van der Waals surface area (Å²) in [5.74, 6) is 0. The lowest BCUT2D eigenvalue weighted by Gasteiger charge is -1.90. The lowest BCUT2D eigenvalue weighted by molar-refractivity contribution is 0.108. The van der Waals surface area contributed by atoms with E-state index in [9.17, 15) is 4.79 Å². The molecule has 0 aliphatic carbocycles. The Morgan fingerprint density at radius 3 is 2.11 bits per heavy atom. The summed E-state index contributed by atoms with van der Waals surface area (Å²) in [6.45, 7) is 0. The first-order valence-corrected chi connectivity index (χ1v) is 3.43. The van der Waals surface area contributed by atoms with Crippen LogP contribution in [0, 0.1) is 0 Å². The Bertz CT molecular complexity index is 205. The van der Waals surface area contributed by atoms with Crippen molar-refractivity contribution in [2.45, 2.75) is 0 Å². The molecule has 1 aromatic rings. The van der Waals surface area contributed by atoms with Crippen molar-refractivity contribution in [1.29, 1.82) is 0 Å². The van der Waals surface area contributed by atoms with Crippen LogP contribution in [-0.2, 0) is 0 Å². The molecule has 0 N–H and O–H groups in total. The Morgan fingerprint density at radius 1 is 1.22 bits per heavy atom. The predicted octanol–water partition coefficient (Wildman–Crippen LogP) is 0.728. The van der Waals surface area contributed by atoms with Crippen LogP contribution in [0.1, 0.15) is 10.4 Å². The largest absolute Gasteiger partial charge is 0.318 e. The van der Waals surface area contributed by atoms with Gasteiger partial charge in [0.1, 0.15) is 0 Å². The minimum Gasteiger partial charge on any atom is -0.318 e. The molecule has 43 valence electrons. The average Bonchev–Trinajstić information content (AvgIpc) is 1.90. The van der Waals surface area contributed by atoms with Crippen LogP contribution in [0.15, 0.2) is 30.3 Å². The van der Waals surface area contributed by atoms with Crippen molar-refractivity contribution < 1.29 is 4.79 Å². The van der Waals surface area contributed by atoms with Crippen molar-refractivity contribution in [2.24, 2.45) is 0 Å². The molecule has 0 aliphatic heterocycles. The average molecular weight is 133 g/mol. The monoisotopic (exact) mass is 133 g/mol. The van der Waals surface area contributed by atoms with E-state index in [0.717, 1.165) is 5.56 Å². The Balaban J connectivity index is 2.98. The summed E-state index contributed by atoms with van der Waals surface area (Å²) in [6, 6.07) is 9.25. The van der Waals surface area contributed by atoms with Gasteiger partial charge >= 0.3 is 0 Å². The number of hydrogen-bond acceptors (Lipinski definition) is 1. The maximum atomic E-state index is 10.7. The molecule has 0 amide bonds. The van der Waals surface area contributed by atoms with Crippen LogP contribution < -0.4 is 0 Å². The Hall–Kier alpha value is -0.578. The third-order valence-electron chi connectivity index (χ3n) is 1.10. The number of hydrogen-bond donors (Lipinski definition) is 0. The number of carbonyl (C=O) groups is 1. The van der Waals surface area contributed by atoms with Crippen LogP contribution in [-0.4, -0.2) is 20.9 Å². The van der Waals surface area contributed by atoms with E-state index in [2.05, 4.69) is 0 Å². The van der Waals surface area contributed by atoms with Crippen molar-refractivity contribution in [1.82, 2.24) is 0 Å². The molecule has 0 aromatic heterocycles. The highest BCUT2D eigenvalue weighted by Gasteiger charge is 1.91. The first-order valence-electron chi connectivity index (χ1n) is 2.72. The summed E-state index contributed by atoms with van der Waals surface area (Å²) in [6.07, 6.45) is 0. The normalized spacial score (nSPS) is 8.89. The fraction of sp³-hybridized carbons (Fsp3) is 0. The maximum absolute atomic E-state index is 10.7. The molecule has 0 spiro atoms. The lowest BCUT2D eigenvalue weighted by Crippen LogP contribution is -1.94. The van der Waals surface area contributed by atoms with Gasteiger partial charge in [0.15, 0.2) is 0 Å². The zero-order chi connectivity index (χ0) is 6.69. The van der Waals surface area contributed by atoms with E-state index in [0.29, 0.717) is 0 Å². The molecule has 0 unspecified atom stereocenters. The third kappa shape index (κ3) is 1.67. The molecule has 9 heavy (non-hydrogen) atoms. The van der Waals surface area contributed by atoms with E-state index >= 15 is 0 Å². The molecule has 0 aliphatic rings. The highest BCUT2D eigenvalue weighted by atomic mass is 27.0. The SMILES string of the molecule is O=[C]([AlH])c1ccccc1. The summed E-state index contributed by atoms with van der Waals surface area (Å²) in [4.78, 5) is 10.7. The van der Waals surface area contributed by atoms with Crippen LogP contribution in [0.5, 0.6) is 0 Å². The van der Waals surface area contributed by atoms with Crippen molar-refractivity contribution in [3.8, 4) is 0 Å². The minimum atomic E-state index is 0.149. The first kappa shape index (κ1) is 6.54. The van der Waals surface area contributed by atoms with E-state index in [4.69, 9.17) is 0 Å². The molecule has 0 atom stereocenters. The molecule has 0 saturated carbocycles. The molecule has 0 bridgehead atoms. The summed E-state index contributed by atoms with van der Waals surface area (Å²) in [7, 11) is 0. The van der Waals surface area contributed by atoms with Gasteiger partial charge in [-0.2, -0.15) is 0 Å². The summed E-state index contributed by atoms with van der Waals surface area (Å²) in [5, 5.41) is 0. The van der Waals surface area contributed by atoms with Gasteiger partial charge in [-0.25, -0.2) is 0 Å². The fourth-order valence-electron chi connectivity index (χ4n) is 0.624. The highest BCUT2D eigenvalue weighted by Crippen LogP contribution is 1.95. The first-order chi connectivity index (χ1) is 4.30. The van der Waals surface area contributed by atoms with Gasteiger partial charge in [-0.3, -0.25) is 0 Å². The number of rotatable bonds is 1. The van der Waals surface area contributed by atoms with Crippen molar-refractivity contribution in [2.75, 3.05) is 0 Å². The fourth-order valence-corrected chi connectivity index (χ4v) is 0.860. The molecule has 0 saturated heterocycles. The Kier molecular flexibility index (Phi) is 2.05. The standard InChI is InChI=1S/C7H5O.Al.H/c8-6-7-4-2-1-3-5-7;;/h1-5H;;. The van der Waals surface area contributed by atoms with Crippen LogP contribution in [0.25, 0.3) is 0 Å². The molecule has 0 fully saturated rings. The van der Waals surface area contributed by atoms with Gasteiger partial charge in [0.05, 0.1) is 4.65 Å². The smallest absolute Gasteiger partial charge is 0.295 e. The molecule has 1 aromatic carbocycles. The van der Waals surface area contributed by atoms with E-state index < -0.39 is 0 Å². The second-order valence-electron chi connectivity index (χ2n) is 1.79. The Labute approximate surface area is 62.1 Å². The molecule has 2 heteroatoms. The second-order valence-corrected chi connectivity index (χ2v) is 2.43. The van der Waals surface area contributed by atoms with Crippen molar-refractivity contribution in [3.63, 3.8) is 0 Å². The van der Waals surface area contributed by atoms with Crippen LogP contribution in [0.2, 0.25) is 0 Å². The zero-order valence-corrected chi connectivity index (χ0v) is 6.42. The lowest BCUT2D eigenvalue weighted by atomic mass is 10.2. The van der Waals surface area contributed by atoms with Gasteiger partial charge in [0.25, 0.3) is 16.3 Å². The topological polar surface area (TPSA) is 17.1 Å². The summed E-state index contributed by atoms with van der Waals surface area (Å²) < 4.78 is 0.149. The van der Waals surface area contributed by atoms with E-state index in [1.807, 2.05) is 30.3 Å². The maximum Gasteiger partial charge on any atom is 0.295 e. The van der Waals surface area contributed by atoms with Gasteiger partial charge in [-0.1, -0.05) is 30.3 Å². The van der Waals surface area contributed by atoms with Gasteiger partial charge in [0.2, 0.25) is 0 Å². The number of carbonyl (C=O) groups excluding carboxylic acids is 1. The number of benzene rings is 1. The van der Waals surface area contributed by atoms with Gasteiger partial charge in [-0.15, -0.1) is 0 Å². The zero-order valence-electron chi connectivity index (χ0n) is 5.00. The third-order valence-corrected chi connectivity index (χ3v) is 1.50. The van der Waals surface area contributed by atoms with E-state index in [1.165, 1.54) is 16.3 Å². The van der Waals surface area contributed by atoms with Crippen molar-refractivity contribution in [3.05, 3.63) is 35.9 Å². The molecule has 1 nitrogen and oxygen atoms in total. The quantitative estimate of drug-likeness (QED) is 0.516. The summed E-state index contributed by atoms with van der Waals surface area (Å²) in [5.41, 5.74) is 0.788. The second kappa shape index (κ2) is 2.82. The molecule has 0 heterocycles. The van der Waals surface area contributed by atoms with E-state index in [-0.39, 0.29) is 4.65 Å². The highest BCUT2D eigenvalue weighted by molar-refractivity contribution is 6.62. The molecular weight excluding hydrogens is 127 g/mol. The molecular formula is C7H6AlO. The molecule has 1 rings (SSSR count). The van der Waals surface area contributed by atoms with Crippen LogP contribution >= 0.6 is 0 Å². The van der Waals surface area contributed by atoms with Gasteiger partial charge in [0, 0.05) is 0 Å². The Morgan fingerprint density at radius 2 is 1.78 bits per heavy atom. The van der Waals surface area contributed by atoms with Crippen LogP contribution in [0.3, 0.4) is 0 Å². The molecule has 1 radical (unpaired) electrons. The minimum absolute atomic E-state index is 0.149. The van der Waals surface area contributed by atoms with Gasteiger partial charge < -0.3 is 4.79 Å². The van der Waals surface area contributed by atoms with Crippen LogP contribution in [0.4, 0.5) is 0 Å².